The Balaban J connectivity index is 1.68. The standard InChI is InChI=1S/C14H21N5O2S/c1-11-12(22-10-15-11)9-17-4-3-13-16-19(7-8-21-2)14(20)18(13)6-5-17/h10H,3-9H2,1-2H3. The Kier molecular flexibility index (Phi) is 4.70. The van der Waals surface area contributed by atoms with E-state index >= 15 is 0 Å². The van der Waals surface area contributed by atoms with Crippen LogP contribution in [0.4, 0.5) is 0 Å². The third kappa shape index (κ3) is 3.13. The van der Waals surface area contributed by atoms with E-state index in [1.165, 1.54) is 9.56 Å². The largest absolute Gasteiger partial charge is 0.383 e. The lowest BCUT2D eigenvalue weighted by Gasteiger charge is -2.18. The number of fused-ring (bicyclic) bond motifs is 1. The highest BCUT2D eigenvalue weighted by Crippen LogP contribution is 2.16. The van der Waals surface area contributed by atoms with E-state index < -0.39 is 0 Å². The first kappa shape index (κ1) is 15.4. The van der Waals surface area contributed by atoms with Crippen LogP contribution in [0.5, 0.6) is 0 Å². The van der Waals surface area contributed by atoms with Crippen molar-refractivity contribution in [3.63, 3.8) is 0 Å². The molecule has 3 heterocycles. The van der Waals surface area contributed by atoms with Crippen molar-refractivity contribution in [3.05, 3.63) is 32.4 Å². The summed E-state index contributed by atoms with van der Waals surface area (Å²) >= 11 is 1.70. The highest BCUT2D eigenvalue weighted by molar-refractivity contribution is 7.09. The van der Waals surface area contributed by atoms with E-state index in [1.807, 2.05) is 12.4 Å². The molecule has 1 aliphatic heterocycles. The molecule has 2 aromatic heterocycles. The second-order valence-corrected chi connectivity index (χ2v) is 6.39. The molecule has 1 aliphatic rings. The van der Waals surface area contributed by atoms with Gasteiger partial charge in [0.15, 0.2) is 0 Å². The summed E-state index contributed by atoms with van der Waals surface area (Å²) in [5.74, 6) is 0.879. The van der Waals surface area contributed by atoms with Crippen molar-refractivity contribution in [2.75, 3.05) is 26.8 Å². The summed E-state index contributed by atoms with van der Waals surface area (Å²) in [6.07, 6.45) is 0.799. The van der Waals surface area contributed by atoms with Crippen LogP contribution < -0.4 is 5.69 Å². The minimum Gasteiger partial charge on any atom is -0.383 e. The van der Waals surface area contributed by atoms with Gasteiger partial charge in [-0.05, 0) is 6.92 Å². The molecule has 2 aromatic rings. The van der Waals surface area contributed by atoms with Gasteiger partial charge in [-0.3, -0.25) is 9.47 Å². The van der Waals surface area contributed by atoms with Crippen LogP contribution in [-0.2, 0) is 30.8 Å². The zero-order chi connectivity index (χ0) is 15.5. The number of nitrogens with zero attached hydrogens (tertiary/aromatic N) is 5. The third-order valence-electron chi connectivity index (χ3n) is 4.01. The highest BCUT2D eigenvalue weighted by atomic mass is 32.1. The fraction of sp³-hybridized carbons (Fsp3) is 0.643. The van der Waals surface area contributed by atoms with E-state index in [1.54, 1.807) is 23.0 Å². The molecule has 120 valence electrons. The summed E-state index contributed by atoms with van der Waals surface area (Å²) in [5, 5.41) is 4.45. The fourth-order valence-corrected chi connectivity index (χ4v) is 3.49. The molecule has 0 fully saturated rings. The number of hydrogen-bond acceptors (Lipinski definition) is 6. The topological polar surface area (TPSA) is 65.2 Å². The van der Waals surface area contributed by atoms with Gasteiger partial charge in [0.2, 0.25) is 0 Å². The van der Waals surface area contributed by atoms with Crippen LogP contribution in [0.3, 0.4) is 0 Å². The predicted octanol–water partition coefficient (Wildman–Crippen LogP) is 0.514. The van der Waals surface area contributed by atoms with Crippen molar-refractivity contribution in [1.82, 2.24) is 24.2 Å². The van der Waals surface area contributed by atoms with Gasteiger partial charge in [0.1, 0.15) is 5.82 Å². The zero-order valence-corrected chi connectivity index (χ0v) is 13.8. The molecule has 0 N–H and O–H groups in total. The Bertz CT molecular complexity index is 690. The van der Waals surface area contributed by atoms with Crippen molar-refractivity contribution >= 4 is 11.3 Å². The van der Waals surface area contributed by atoms with E-state index in [0.717, 1.165) is 37.6 Å². The molecule has 0 aliphatic carbocycles. The summed E-state index contributed by atoms with van der Waals surface area (Å²) < 4.78 is 8.34. The first-order valence-electron chi connectivity index (χ1n) is 7.46. The summed E-state index contributed by atoms with van der Waals surface area (Å²) in [7, 11) is 1.63. The molecular formula is C14H21N5O2S. The van der Waals surface area contributed by atoms with Crippen LogP contribution in [0, 0.1) is 6.92 Å². The van der Waals surface area contributed by atoms with Crippen LogP contribution in [0.1, 0.15) is 16.4 Å². The first-order valence-corrected chi connectivity index (χ1v) is 8.34. The monoisotopic (exact) mass is 323 g/mol. The molecule has 22 heavy (non-hydrogen) atoms. The van der Waals surface area contributed by atoms with Gasteiger partial charge in [0.05, 0.1) is 24.4 Å². The Morgan fingerprint density at radius 3 is 2.95 bits per heavy atom. The first-order chi connectivity index (χ1) is 10.7. The van der Waals surface area contributed by atoms with Crippen LogP contribution >= 0.6 is 11.3 Å². The molecule has 3 rings (SSSR count). The number of methoxy groups -OCH3 is 1. The number of aromatic nitrogens is 4. The summed E-state index contributed by atoms with van der Waals surface area (Å²) in [4.78, 5) is 20.3. The molecule has 0 radical (unpaired) electrons. The van der Waals surface area contributed by atoms with E-state index in [-0.39, 0.29) is 5.69 Å². The normalized spacial score (nSPS) is 15.7. The van der Waals surface area contributed by atoms with Crippen LogP contribution in [-0.4, -0.2) is 51.0 Å². The van der Waals surface area contributed by atoms with E-state index in [4.69, 9.17) is 4.74 Å². The molecule has 7 nitrogen and oxygen atoms in total. The maximum absolute atomic E-state index is 12.3. The van der Waals surface area contributed by atoms with Gasteiger partial charge < -0.3 is 4.74 Å². The average Bonchev–Trinajstić information content (AvgIpc) is 2.96. The zero-order valence-electron chi connectivity index (χ0n) is 13.0. The number of aryl methyl sites for hydroxylation is 1. The highest BCUT2D eigenvalue weighted by Gasteiger charge is 2.20. The predicted molar refractivity (Wildman–Crippen MR) is 84.2 cm³/mol. The third-order valence-corrected chi connectivity index (χ3v) is 4.93. The summed E-state index contributed by atoms with van der Waals surface area (Å²) in [6.45, 7) is 6.44. The average molecular weight is 323 g/mol. The van der Waals surface area contributed by atoms with E-state index in [2.05, 4.69) is 15.0 Å². The lowest BCUT2D eigenvalue weighted by atomic mass is 10.3. The Hall–Kier alpha value is -1.51. The molecule has 0 spiro atoms. The van der Waals surface area contributed by atoms with Crippen molar-refractivity contribution in [2.45, 2.75) is 33.0 Å². The van der Waals surface area contributed by atoms with E-state index in [0.29, 0.717) is 19.7 Å². The van der Waals surface area contributed by atoms with Crippen molar-refractivity contribution in [2.24, 2.45) is 0 Å². The van der Waals surface area contributed by atoms with Gasteiger partial charge in [0, 0.05) is 44.6 Å². The molecule has 0 saturated heterocycles. The van der Waals surface area contributed by atoms with E-state index in [9.17, 15) is 4.79 Å². The molecule has 0 bridgehead atoms. The van der Waals surface area contributed by atoms with Crippen molar-refractivity contribution in [1.29, 1.82) is 0 Å². The number of hydrogen-bond donors (Lipinski definition) is 0. The summed E-state index contributed by atoms with van der Waals surface area (Å²) in [6, 6.07) is 0. The number of rotatable bonds is 5. The smallest absolute Gasteiger partial charge is 0.346 e. The minimum absolute atomic E-state index is 0.0251. The molecule has 8 heteroatoms. The van der Waals surface area contributed by atoms with Gasteiger partial charge in [-0.2, -0.15) is 5.10 Å². The van der Waals surface area contributed by atoms with Gasteiger partial charge in [-0.15, -0.1) is 11.3 Å². The molecule has 0 atom stereocenters. The Labute approximate surface area is 133 Å². The second kappa shape index (κ2) is 6.72. The number of ether oxygens (including phenoxy) is 1. The van der Waals surface area contributed by atoms with Gasteiger partial charge >= 0.3 is 5.69 Å². The molecule has 0 amide bonds. The second-order valence-electron chi connectivity index (χ2n) is 5.45. The minimum atomic E-state index is -0.0251. The number of thiazole rings is 1. The van der Waals surface area contributed by atoms with Crippen molar-refractivity contribution in [3.8, 4) is 0 Å². The molecule has 0 unspecified atom stereocenters. The Morgan fingerprint density at radius 1 is 1.36 bits per heavy atom. The summed E-state index contributed by atoms with van der Waals surface area (Å²) in [5.41, 5.74) is 2.97. The van der Waals surface area contributed by atoms with Crippen molar-refractivity contribution < 1.29 is 4.74 Å². The quantitative estimate of drug-likeness (QED) is 0.802. The molecular weight excluding hydrogens is 302 g/mol. The van der Waals surface area contributed by atoms with Crippen LogP contribution in [0.25, 0.3) is 0 Å². The van der Waals surface area contributed by atoms with Crippen LogP contribution in [0.2, 0.25) is 0 Å². The molecule has 0 aromatic carbocycles. The van der Waals surface area contributed by atoms with Gasteiger partial charge in [0.25, 0.3) is 0 Å². The maximum atomic E-state index is 12.3. The molecule has 0 saturated carbocycles. The van der Waals surface area contributed by atoms with Gasteiger partial charge in [-0.25, -0.2) is 14.5 Å². The maximum Gasteiger partial charge on any atom is 0.346 e. The Morgan fingerprint density at radius 2 is 2.23 bits per heavy atom. The van der Waals surface area contributed by atoms with Gasteiger partial charge in [-0.1, -0.05) is 0 Å². The van der Waals surface area contributed by atoms with Crippen LogP contribution in [0.15, 0.2) is 10.3 Å². The SMILES string of the molecule is COCCn1nc2n(c1=O)CCN(Cc1scnc1C)CC2. The lowest BCUT2D eigenvalue weighted by Crippen LogP contribution is -2.31. The lowest BCUT2D eigenvalue weighted by molar-refractivity contribution is 0.181. The fourth-order valence-electron chi connectivity index (χ4n) is 2.67.